The number of rotatable bonds is 9. The molecule has 0 fully saturated rings. The molecule has 0 aliphatic heterocycles. The molecule has 1 amide bonds. The Hall–Kier alpha value is -2.74. The molecule has 0 spiro atoms. The second kappa shape index (κ2) is 10.3. The van der Waals surface area contributed by atoms with Gasteiger partial charge in [0.1, 0.15) is 11.5 Å². The van der Waals surface area contributed by atoms with E-state index in [-0.39, 0.29) is 42.2 Å². The van der Waals surface area contributed by atoms with Gasteiger partial charge in [-0.05, 0) is 24.0 Å². The highest BCUT2D eigenvalue weighted by molar-refractivity contribution is 6.33. The highest BCUT2D eigenvalue weighted by Crippen LogP contribution is 2.22. The second-order valence-electron chi connectivity index (χ2n) is 8.12. The fourth-order valence-corrected chi connectivity index (χ4v) is 3.36. The maximum Gasteiger partial charge on any atom is 0.330 e. The number of H-pyrrole nitrogens is 1. The number of nitrogen functional groups attached to an aromatic ring is 1. The van der Waals surface area contributed by atoms with Gasteiger partial charge < -0.3 is 16.0 Å². The summed E-state index contributed by atoms with van der Waals surface area (Å²) in [6, 6.07) is 6.98. The third-order valence-corrected chi connectivity index (χ3v) is 4.75. The molecule has 1 heterocycles. The molecule has 0 aliphatic carbocycles. The minimum absolute atomic E-state index is 0.115. The molecule has 0 saturated heterocycles. The summed E-state index contributed by atoms with van der Waals surface area (Å²) in [6.45, 7) is 9.09. The number of amides is 1. The maximum atomic E-state index is 12.6. The first-order chi connectivity index (χ1) is 14.1. The van der Waals surface area contributed by atoms with E-state index in [9.17, 15) is 14.4 Å². The van der Waals surface area contributed by atoms with Gasteiger partial charge in [0.2, 0.25) is 5.91 Å². The van der Waals surface area contributed by atoms with Gasteiger partial charge in [0.05, 0.1) is 10.7 Å². The molecule has 0 unspecified atom stereocenters. The van der Waals surface area contributed by atoms with Gasteiger partial charge in [0.15, 0.2) is 0 Å². The van der Waals surface area contributed by atoms with E-state index in [1.54, 1.807) is 29.2 Å². The van der Waals surface area contributed by atoms with Crippen LogP contribution < -0.4 is 27.2 Å². The minimum Gasteiger partial charge on any atom is -0.383 e. The van der Waals surface area contributed by atoms with Crippen molar-refractivity contribution in [1.29, 1.82) is 0 Å². The number of anilines is 3. The molecule has 1 aromatic heterocycles. The van der Waals surface area contributed by atoms with Crippen LogP contribution >= 0.6 is 11.6 Å². The molecular formula is C21H30ClN5O3. The number of nitrogens with zero attached hydrogens (tertiary/aromatic N) is 2. The summed E-state index contributed by atoms with van der Waals surface area (Å²) in [5.41, 5.74) is 5.91. The Morgan fingerprint density at radius 2 is 1.87 bits per heavy atom. The number of carbonyl (C=O) groups excluding carboxylic acids is 1. The molecule has 0 saturated carbocycles. The van der Waals surface area contributed by atoms with E-state index >= 15 is 0 Å². The molecular weight excluding hydrogens is 406 g/mol. The Balaban J connectivity index is 2.28. The molecule has 30 heavy (non-hydrogen) atoms. The van der Waals surface area contributed by atoms with Crippen molar-refractivity contribution in [3.8, 4) is 0 Å². The van der Waals surface area contributed by atoms with Crippen LogP contribution in [0.3, 0.4) is 0 Å². The summed E-state index contributed by atoms with van der Waals surface area (Å²) >= 11 is 6.09. The summed E-state index contributed by atoms with van der Waals surface area (Å²) in [4.78, 5) is 41.4. The van der Waals surface area contributed by atoms with Gasteiger partial charge in [-0.1, -0.05) is 51.4 Å². The summed E-state index contributed by atoms with van der Waals surface area (Å²) in [5.74, 6) is 0.261. The van der Waals surface area contributed by atoms with Gasteiger partial charge in [0.25, 0.3) is 5.56 Å². The van der Waals surface area contributed by atoms with Crippen molar-refractivity contribution in [3.05, 3.63) is 50.1 Å². The minimum atomic E-state index is -0.551. The van der Waals surface area contributed by atoms with Crippen LogP contribution in [0.15, 0.2) is 33.9 Å². The average molecular weight is 436 g/mol. The first-order valence-electron chi connectivity index (χ1n) is 10.0. The molecule has 0 aliphatic rings. The zero-order valence-corrected chi connectivity index (χ0v) is 18.6. The second-order valence-corrected chi connectivity index (χ2v) is 8.52. The summed E-state index contributed by atoms with van der Waals surface area (Å²) < 4.78 is 1.37. The summed E-state index contributed by atoms with van der Waals surface area (Å²) in [7, 11) is 0. The van der Waals surface area contributed by atoms with Crippen molar-refractivity contribution in [2.75, 3.05) is 29.0 Å². The lowest BCUT2D eigenvalue weighted by molar-refractivity contribution is -0.116. The van der Waals surface area contributed by atoms with E-state index in [1.807, 2.05) is 27.7 Å². The molecule has 0 bridgehead atoms. The number of hydrogen-bond acceptors (Lipinski definition) is 5. The van der Waals surface area contributed by atoms with Crippen molar-refractivity contribution in [2.45, 2.75) is 40.7 Å². The molecule has 1 aromatic carbocycles. The number of aromatic nitrogens is 2. The monoisotopic (exact) mass is 435 g/mol. The SMILES string of the molecule is CC(C)CN(CCC(=O)Nc1ccccc1Cl)c1c(N)n(CC(C)C)c(=O)[nH]c1=O. The van der Waals surface area contributed by atoms with Crippen LogP contribution in [0.2, 0.25) is 5.02 Å². The lowest BCUT2D eigenvalue weighted by Crippen LogP contribution is -2.41. The average Bonchev–Trinajstić information content (AvgIpc) is 2.64. The zero-order valence-electron chi connectivity index (χ0n) is 17.9. The molecule has 164 valence electrons. The van der Waals surface area contributed by atoms with E-state index < -0.39 is 11.2 Å². The first kappa shape index (κ1) is 23.5. The van der Waals surface area contributed by atoms with Gasteiger partial charge in [-0.25, -0.2) is 4.79 Å². The lowest BCUT2D eigenvalue weighted by atomic mass is 10.2. The van der Waals surface area contributed by atoms with Crippen molar-refractivity contribution in [2.24, 2.45) is 11.8 Å². The number of aromatic amines is 1. The zero-order chi connectivity index (χ0) is 22.4. The molecule has 9 heteroatoms. The first-order valence-corrected chi connectivity index (χ1v) is 10.4. The number of nitrogens with one attached hydrogen (secondary N) is 2. The molecule has 0 radical (unpaired) electrons. The van der Waals surface area contributed by atoms with Crippen LogP contribution in [0.5, 0.6) is 0 Å². The maximum absolute atomic E-state index is 12.6. The fourth-order valence-electron chi connectivity index (χ4n) is 3.18. The highest BCUT2D eigenvalue weighted by atomic mass is 35.5. The Bertz CT molecular complexity index is 997. The number of hydrogen-bond donors (Lipinski definition) is 3. The quantitative estimate of drug-likeness (QED) is 0.560. The Morgan fingerprint density at radius 1 is 1.20 bits per heavy atom. The van der Waals surface area contributed by atoms with Crippen LogP contribution in [0.1, 0.15) is 34.1 Å². The van der Waals surface area contributed by atoms with E-state index in [0.29, 0.717) is 23.8 Å². The standard InChI is InChI=1S/C21H30ClN5O3/c1-13(2)11-26(10-9-17(28)24-16-8-6-5-7-15(16)22)18-19(23)27(12-14(3)4)21(30)25-20(18)29/h5-8,13-14H,9-12,23H2,1-4H3,(H,24,28)(H,25,29,30). The Morgan fingerprint density at radius 3 is 2.47 bits per heavy atom. The number of nitrogens with two attached hydrogens (primary N) is 1. The fraction of sp³-hybridized carbons (Fsp3) is 0.476. The Kier molecular flexibility index (Phi) is 8.11. The van der Waals surface area contributed by atoms with Gasteiger partial charge in [-0.15, -0.1) is 0 Å². The topological polar surface area (TPSA) is 113 Å². The van der Waals surface area contributed by atoms with Gasteiger partial charge in [0, 0.05) is 26.1 Å². The van der Waals surface area contributed by atoms with Crippen molar-refractivity contribution in [3.63, 3.8) is 0 Å². The largest absolute Gasteiger partial charge is 0.383 e. The smallest absolute Gasteiger partial charge is 0.330 e. The van der Waals surface area contributed by atoms with Gasteiger partial charge in [-0.2, -0.15) is 0 Å². The molecule has 8 nitrogen and oxygen atoms in total. The summed E-state index contributed by atoms with van der Waals surface area (Å²) in [6.07, 6.45) is 0.125. The van der Waals surface area contributed by atoms with E-state index in [4.69, 9.17) is 17.3 Å². The van der Waals surface area contributed by atoms with Crippen molar-refractivity contribution >= 4 is 34.7 Å². The van der Waals surface area contributed by atoms with Crippen LogP contribution in [-0.4, -0.2) is 28.5 Å². The van der Waals surface area contributed by atoms with Crippen LogP contribution in [0.4, 0.5) is 17.2 Å². The van der Waals surface area contributed by atoms with E-state index in [0.717, 1.165) is 0 Å². The molecule has 0 atom stereocenters. The van der Waals surface area contributed by atoms with Gasteiger partial charge in [-0.3, -0.25) is 19.1 Å². The van der Waals surface area contributed by atoms with E-state index in [2.05, 4.69) is 10.3 Å². The summed E-state index contributed by atoms with van der Waals surface area (Å²) in [5, 5.41) is 3.23. The number of halogens is 1. The van der Waals surface area contributed by atoms with Crippen LogP contribution in [0.25, 0.3) is 0 Å². The number of carbonyl (C=O) groups is 1. The normalized spacial score (nSPS) is 11.2. The predicted octanol–water partition coefficient (Wildman–Crippen LogP) is 2.92. The predicted molar refractivity (Wildman–Crippen MR) is 122 cm³/mol. The van der Waals surface area contributed by atoms with E-state index in [1.165, 1.54) is 4.57 Å². The van der Waals surface area contributed by atoms with Crippen molar-refractivity contribution in [1.82, 2.24) is 9.55 Å². The Labute approximate surface area is 181 Å². The van der Waals surface area contributed by atoms with Crippen LogP contribution in [-0.2, 0) is 11.3 Å². The van der Waals surface area contributed by atoms with Crippen LogP contribution in [0, 0.1) is 11.8 Å². The van der Waals surface area contributed by atoms with Crippen molar-refractivity contribution < 1.29 is 4.79 Å². The third kappa shape index (κ3) is 6.13. The lowest BCUT2D eigenvalue weighted by Gasteiger charge is -2.28. The molecule has 2 rings (SSSR count). The highest BCUT2D eigenvalue weighted by Gasteiger charge is 2.21. The number of para-hydroxylation sites is 1. The molecule has 2 aromatic rings. The van der Waals surface area contributed by atoms with Gasteiger partial charge >= 0.3 is 5.69 Å². The number of benzene rings is 1. The molecule has 4 N–H and O–H groups in total. The third-order valence-electron chi connectivity index (χ3n) is 4.42.